The molecule has 9 nitrogen and oxygen atoms in total. The molecular formula is C20H32N4O5S. The van der Waals surface area contributed by atoms with Gasteiger partial charge in [-0.05, 0) is 25.2 Å². The molecule has 3 atom stereocenters. The van der Waals surface area contributed by atoms with Crippen LogP contribution in [0.4, 0.5) is 0 Å². The van der Waals surface area contributed by atoms with Gasteiger partial charge in [0.25, 0.3) is 10.2 Å². The first-order valence-electron chi connectivity index (χ1n) is 10.5. The second kappa shape index (κ2) is 8.76. The molecule has 2 heterocycles. The van der Waals surface area contributed by atoms with E-state index in [1.807, 2.05) is 26.0 Å². The highest BCUT2D eigenvalue weighted by Gasteiger charge is 2.51. The van der Waals surface area contributed by atoms with Crippen LogP contribution in [0.5, 0.6) is 0 Å². The third-order valence-corrected chi connectivity index (χ3v) is 8.11. The van der Waals surface area contributed by atoms with Crippen molar-refractivity contribution in [3.63, 3.8) is 0 Å². The number of imide groups is 1. The minimum atomic E-state index is -3.53. The normalized spacial score (nSPS) is 26.6. The minimum Gasteiger partial charge on any atom is -0.338 e. The van der Waals surface area contributed by atoms with Crippen molar-refractivity contribution in [3.8, 4) is 0 Å². The number of carbonyl (C=O) groups excluding carboxylic acids is 3. The summed E-state index contributed by atoms with van der Waals surface area (Å²) in [4.78, 5) is 42.3. The van der Waals surface area contributed by atoms with Crippen LogP contribution in [0.2, 0.25) is 0 Å². The van der Waals surface area contributed by atoms with Gasteiger partial charge in [0.15, 0.2) is 0 Å². The molecule has 0 spiro atoms. The largest absolute Gasteiger partial charge is 0.338 e. The average molecular weight is 441 g/mol. The second-order valence-electron chi connectivity index (χ2n) is 8.86. The van der Waals surface area contributed by atoms with E-state index in [0.717, 1.165) is 4.31 Å². The fourth-order valence-electron chi connectivity index (χ4n) is 4.48. The fourth-order valence-corrected chi connectivity index (χ4v) is 5.56. The zero-order valence-corrected chi connectivity index (χ0v) is 19.0. The summed E-state index contributed by atoms with van der Waals surface area (Å²) < 4.78 is 27.2. The van der Waals surface area contributed by atoms with Gasteiger partial charge in [-0.2, -0.15) is 17.0 Å². The van der Waals surface area contributed by atoms with Crippen LogP contribution in [0.15, 0.2) is 12.2 Å². The fraction of sp³-hybridized carbons (Fsp3) is 0.750. The Hall–Kier alpha value is -1.78. The first-order valence-corrected chi connectivity index (χ1v) is 11.9. The molecule has 10 heteroatoms. The number of amides is 3. The molecule has 0 radical (unpaired) electrons. The van der Waals surface area contributed by atoms with E-state index in [-0.39, 0.29) is 61.7 Å². The lowest BCUT2D eigenvalue weighted by molar-refractivity contribution is -0.152. The molecule has 3 aliphatic rings. The molecule has 2 saturated heterocycles. The van der Waals surface area contributed by atoms with E-state index in [1.165, 1.54) is 23.3 Å². The summed E-state index contributed by atoms with van der Waals surface area (Å²) in [5.41, 5.74) is 0. The molecule has 0 N–H and O–H groups in total. The lowest BCUT2D eigenvalue weighted by atomic mass is 9.85. The van der Waals surface area contributed by atoms with Gasteiger partial charge in [-0.1, -0.05) is 26.0 Å². The van der Waals surface area contributed by atoms with Crippen LogP contribution < -0.4 is 0 Å². The molecule has 3 unspecified atom stereocenters. The van der Waals surface area contributed by atoms with Gasteiger partial charge in [0.1, 0.15) is 6.04 Å². The van der Waals surface area contributed by atoms with Crippen LogP contribution in [-0.2, 0) is 24.6 Å². The van der Waals surface area contributed by atoms with Crippen LogP contribution in [0.25, 0.3) is 0 Å². The number of fused-ring (bicyclic) bond motifs is 1. The Morgan fingerprint density at radius 3 is 1.97 bits per heavy atom. The lowest BCUT2D eigenvalue weighted by Crippen LogP contribution is -2.58. The van der Waals surface area contributed by atoms with Gasteiger partial charge < -0.3 is 4.90 Å². The molecule has 1 aliphatic carbocycles. The van der Waals surface area contributed by atoms with Gasteiger partial charge >= 0.3 is 0 Å². The smallest absolute Gasteiger partial charge is 0.281 e. The predicted octanol–water partition coefficient (Wildman–Crippen LogP) is 0.303. The van der Waals surface area contributed by atoms with Crippen LogP contribution >= 0.6 is 0 Å². The van der Waals surface area contributed by atoms with Crippen molar-refractivity contribution in [1.82, 2.24) is 18.4 Å². The molecule has 0 aromatic heterocycles. The SMILES string of the molecule is CC(C)CC(C(=O)N1CCN(S(=O)(=O)N(C)C)CC1)N1C(=O)C2CC=CCC2C1=O. The number of allylic oxidation sites excluding steroid dienone is 2. The van der Waals surface area contributed by atoms with Crippen molar-refractivity contribution in [2.24, 2.45) is 17.8 Å². The van der Waals surface area contributed by atoms with Gasteiger partial charge in [-0.25, -0.2) is 0 Å². The summed E-state index contributed by atoms with van der Waals surface area (Å²) in [5, 5.41) is 0. The molecule has 0 aromatic carbocycles. The molecule has 2 fully saturated rings. The van der Waals surface area contributed by atoms with Crippen molar-refractivity contribution in [1.29, 1.82) is 0 Å². The Morgan fingerprint density at radius 1 is 1.03 bits per heavy atom. The lowest BCUT2D eigenvalue weighted by Gasteiger charge is -2.38. The Labute approximate surface area is 178 Å². The van der Waals surface area contributed by atoms with Crippen molar-refractivity contribution in [2.75, 3.05) is 40.3 Å². The Bertz CT molecular complexity index is 804. The molecule has 168 valence electrons. The maximum absolute atomic E-state index is 13.4. The van der Waals surface area contributed by atoms with Gasteiger partial charge in [-0.3, -0.25) is 19.3 Å². The second-order valence-corrected chi connectivity index (χ2v) is 11.0. The zero-order valence-electron chi connectivity index (χ0n) is 18.2. The van der Waals surface area contributed by atoms with E-state index in [9.17, 15) is 22.8 Å². The number of hydrogen-bond donors (Lipinski definition) is 0. The monoisotopic (exact) mass is 440 g/mol. The maximum atomic E-state index is 13.4. The molecule has 30 heavy (non-hydrogen) atoms. The third-order valence-electron chi connectivity index (χ3n) is 6.17. The maximum Gasteiger partial charge on any atom is 0.281 e. The first kappa shape index (κ1) is 22.9. The average Bonchev–Trinajstić information content (AvgIpc) is 2.96. The van der Waals surface area contributed by atoms with Crippen LogP contribution in [0.3, 0.4) is 0 Å². The Balaban J connectivity index is 1.76. The Kier molecular flexibility index (Phi) is 6.69. The number of carbonyl (C=O) groups is 3. The van der Waals surface area contributed by atoms with E-state index >= 15 is 0 Å². The van der Waals surface area contributed by atoms with Crippen molar-refractivity contribution >= 4 is 27.9 Å². The van der Waals surface area contributed by atoms with Crippen molar-refractivity contribution < 1.29 is 22.8 Å². The molecular weight excluding hydrogens is 408 g/mol. The molecule has 0 aromatic rings. The molecule has 3 amide bonds. The summed E-state index contributed by atoms with van der Waals surface area (Å²) in [6, 6.07) is -0.826. The van der Waals surface area contributed by atoms with Gasteiger partial charge in [0.05, 0.1) is 11.8 Å². The number of piperazine rings is 1. The highest BCUT2D eigenvalue weighted by molar-refractivity contribution is 7.86. The first-order chi connectivity index (χ1) is 14.1. The van der Waals surface area contributed by atoms with E-state index in [4.69, 9.17) is 0 Å². The highest BCUT2D eigenvalue weighted by Crippen LogP contribution is 2.37. The van der Waals surface area contributed by atoms with E-state index in [2.05, 4.69) is 0 Å². The predicted molar refractivity (Wildman–Crippen MR) is 111 cm³/mol. The standard InChI is InChI=1S/C20H32N4O5S/c1-14(2)13-17(24-18(25)15-7-5-6-8-16(15)19(24)26)20(27)22-9-11-23(12-10-22)30(28,29)21(3)4/h5-6,14-17H,7-13H2,1-4H3. The quantitative estimate of drug-likeness (QED) is 0.437. The zero-order chi connectivity index (χ0) is 22.2. The topological polar surface area (TPSA) is 98.3 Å². The highest BCUT2D eigenvalue weighted by atomic mass is 32.2. The van der Waals surface area contributed by atoms with Crippen molar-refractivity contribution in [3.05, 3.63) is 12.2 Å². The van der Waals surface area contributed by atoms with Gasteiger partial charge in [0, 0.05) is 40.3 Å². The number of likely N-dealkylation sites (tertiary alicyclic amines) is 1. The number of rotatable bonds is 6. The van der Waals surface area contributed by atoms with Crippen LogP contribution in [0, 0.1) is 17.8 Å². The van der Waals surface area contributed by atoms with Gasteiger partial charge in [-0.15, -0.1) is 0 Å². The summed E-state index contributed by atoms with van der Waals surface area (Å²) >= 11 is 0. The number of nitrogens with zero attached hydrogens (tertiary/aromatic N) is 4. The van der Waals surface area contributed by atoms with Gasteiger partial charge in [0.2, 0.25) is 17.7 Å². The minimum absolute atomic E-state index is 0.121. The summed E-state index contributed by atoms with van der Waals surface area (Å²) in [5.74, 6) is -1.38. The van der Waals surface area contributed by atoms with Crippen molar-refractivity contribution in [2.45, 2.75) is 39.2 Å². The van der Waals surface area contributed by atoms with E-state index in [1.54, 1.807) is 4.90 Å². The summed E-state index contributed by atoms with van der Waals surface area (Å²) in [6.07, 6.45) is 5.34. The molecule has 0 saturated carbocycles. The van der Waals surface area contributed by atoms with E-state index < -0.39 is 16.3 Å². The molecule has 0 bridgehead atoms. The van der Waals surface area contributed by atoms with E-state index in [0.29, 0.717) is 19.3 Å². The Morgan fingerprint density at radius 2 is 1.53 bits per heavy atom. The van der Waals surface area contributed by atoms with Crippen LogP contribution in [0.1, 0.15) is 33.1 Å². The summed E-state index contributed by atoms with van der Waals surface area (Å²) in [6.45, 7) is 4.79. The molecule has 2 aliphatic heterocycles. The van der Waals surface area contributed by atoms with Crippen LogP contribution in [-0.4, -0.2) is 90.9 Å². The summed E-state index contributed by atoms with van der Waals surface area (Å²) in [7, 11) is -0.580. The third kappa shape index (κ3) is 4.17. The molecule has 3 rings (SSSR count). The number of hydrogen-bond acceptors (Lipinski definition) is 5.